The van der Waals surface area contributed by atoms with Crippen molar-refractivity contribution in [3.05, 3.63) is 136 Å². The third-order valence-electron chi connectivity index (χ3n) is 7.26. The molecule has 222 valence electrons. The van der Waals surface area contributed by atoms with Crippen molar-refractivity contribution in [3.8, 4) is 5.75 Å². The summed E-state index contributed by atoms with van der Waals surface area (Å²) in [6.45, 7) is 2.98. The Labute approximate surface area is 252 Å². The lowest BCUT2D eigenvalue weighted by Gasteiger charge is -2.29. The molecule has 0 aliphatic heterocycles. The number of hydrogen-bond donors (Lipinski definition) is 0. The van der Waals surface area contributed by atoms with Gasteiger partial charge in [-0.25, -0.2) is 0 Å². The summed E-state index contributed by atoms with van der Waals surface area (Å²) >= 11 is 6.34. The molecule has 0 aromatic heterocycles. The minimum atomic E-state index is -4.51. The molecule has 0 amide bonds. The van der Waals surface area contributed by atoms with Crippen molar-refractivity contribution in [2.24, 2.45) is 0 Å². The van der Waals surface area contributed by atoms with E-state index in [1.807, 2.05) is 48.5 Å². The second kappa shape index (κ2) is 15.2. The van der Waals surface area contributed by atoms with Gasteiger partial charge in [-0.15, -0.1) is 0 Å². The highest BCUT2D eigenvalue weighted by atomic mass is 35.5. The van der Waals surface area contributed by atoms with Gasteiger partial charge >= 0.3 is 6.18 Å². The van der Waals surface area contributed by atoms with Crippen molar-refractivity contribution in [2.45, 2.75) is 31.5 Å². The summed E-state index contributed by atoms with van der Waals surface area (Å²) in [7, 11) is 4.11. The zero-order valence-corrected chi connectivity index (χ0v) is 24.9. The van der Waals surface area contributed by atoms with E-state index >= 15 is 0 Å². The molecule has 4 aromatic carbocycles. The van der Waals surface area contributed by atoms with Gasteiger partial charge in [0.05, 0.1) is 17.2 Å². The molecule has 7 heteroatoms. The molecule has 0 unspecified atom stereocenters. The Hall–Kier alpha value is -3.32. The summed E-state index contributed by atoms with van der Waals surface area (Å²) < 4.78 is 47.0. The van der Waals surface area contributed by atoms with Crippen molar-refractivity contribution in [1.82, 2.24) is 9.80 Å². The quantitative estimate of drug-likeness (QED) is 0.136. The summed E-state index contributed by atoms with van der Waals surface area (Å²) in [6.07, 6.45) is -2.87. The maximum atomic E-state index is 13.6. The lowest BCUT2D eigenvalue weighted by molar-refractivity contribution is -0.137. The third kappa shape index (κ3) is 9.35. The van der Waals surface area contributed by atoms with Crippen LogP contribution in [-0.4, -0.2) is 50.1 Å². The molecule has 42 heavy (non-hydrogen) atoms. The molecule has 0 atom stereocenters. The van der Waals surface area contributed by atoms with E-state index in [-0.39, 0.29) is 10.9 Å². The first-order valence-corrected chi connectivity index (χ1v) is 14.6. The first kappa shape index (κ1) is 31.6. The Morgan fingerprint density at radius 1 is 0.786 bits per heavy atom. The Kier molecular flexibility index (Phi) is 11.5. The highest BCUT2D eigenvalue weighted by Crippen LogP contribution is 2.37. The average molecular weight is 595 g/mol. The summed E-state index contributed by atoms with van der Waals surface area (Å²) in [5.74, 6) is 0.858. The van der Waals surface area contributed by atoms with E-state index in [9.17, 15) is 13.2 Å². The normalized spacial score (nSPS) is 11.9. The Balaban J connectivity index is 1.52. The number of halogens is 4. The SMILES string of the molecule is CN(C)CCc1cccc(OCCCN(Cc2cccc(C(F)(F)F)c2Cl)CC(c2ccccc2)c2ccccc2)c1. The van der Waals surface area contributed by atoms with E-state index in [1.165, 1.54) is 11.6 Å². The third-order valence-corrected chi connectivity index (χ3v) is 7.70. The Morgan fingerprint density at radius 2 is 1.43 bits per heavy atom. The molecule has 4 aromatic rings. The summed E-state index contributed by atoms with van der Waals surface area (Å²) in [4.78, 5) is 4.33. The molecule has 0 spiro atoms. The monoisotopic (exact) mass is 594 g/mol. The van der Waals surface area contributed by atoms with Crippen LogP contribution in [0.2, 0.25) is 5.02 Å². The standard InChI is InChI=1S/C35H38ClF3N2O/c1-40(2)22-20-27-12-9-18-31(24-27)42-23-11-21-41(25-30-17-10-19-33(34(30)36)35(37,38)39)26-32(28-13-5-3-6-14-28)29-15-7-4-8-16-29/h3-10,12-19,24,32H,11,20-23,25-26H2,1-2H3. The van der Waals surface area contributed by atoms with Gasteiger partial charge in [0.2, 0.25) is 0 Å². The van der Waals surface area contributed by atoms with E-state index in [4.69, 9.17) is 16.3 Å². The van der Waals surface area contributed by atoms with Gasteiger partial charge in [0, 0.05) is 32.1 Å². The summed E-state index contributed by atoms with van der Waals surface area (Å²) in [5, 5.41) is -0.239. The molecular weight excluding hydrogens is 557 g/mol. The molecule has 0 aliphatic rings. The lowest BCUT2D eigenvalue weighted by Crippen LogP contribution is -2.31. The number of rotatable bonds is 14. The molecule has 0 bridgehead atoms. The van der Waals surface area contributed by atoms with E-state index in [0.717, 1.165) is 35.9 Å². The Morgan fingerprint density at radius 3 is 2.05 bits per heavy atom. The summed E-state index contributed by atoms with van der Waals surface area (Å²) in [5.41, 5.74) is 3.17. The van der Waals surface area contributed by atoms with E-state index in [2.05, 4.69) is 60.3 Å². The van der Waals surface area contributed by atoms with E-state index < -0.39 is 11.7 Å². The van der Waals surface area contributed by atoms with Crippen molar-refractivity contribution < 1.29 is 17.9 Å². The molecular formula is C35H38ClF3N2O. The largest absolute Gasteiger partial charge is 0.494 e. The highest BCUT2D eigenvalue weighted by Gasteiger charge is 2.34. The van der Waals surface area contributed by atoms with Crippen LogP contribution in [0.1, 0.15) is 40.2 Å². The van der Waals surface area contributed by atoms with Crippen LogP contribution in [0.3, 0.4) is 0 Å². The molecule has 0 saturated heterocycles. The molecule has 0 saturated carbocycles. The van der Waals surface area contributed by atoms with Gasteiger partial charge < -0.3 is 9.64 Å². The molecule has 4 rings (SSSR count). The van der Waals surface area contributed by atoms with Gasteiger partial charge in [-0.05, 0) is 67.4 Å². The number of benzene rings is 4. The molecule has 0 heterocycles. The van der Waals surface area contributed by atoms with Crippen molar-refractivity contribution in [1.29, 1.82) is 0 Å². The maximum Gasteiger partial charge on any atom is 0.417 e. The number of ether oxygens (including phenoxy) is 1. The zero-order chi connectivity index (χ0) is 30.0. The minimum Gasteiger partial charge on any atom is -0.494 e. The Bertz CT molecular complexity index is 1340. The van der Waals surface area contributed by atoms with Crippen molar-refractivity contribution in [3.63, 3.8) is 0 Å². The van der Waals surface area contributed by atoms with Crippen LogP contribution in [0.25, 0.3) is 0 Å². The van der Waals surface area contributed by atoms with E-state index in [0.29, 0.717) is 38.2 Å². The predicted molar refractivity (Wildman–Crippen MR) is 165 cm³/mol. The molecule has 0 fully saturated rings. The smallest absolute Gasteiger partial charge is 0.417 e. The van der Waals surface area contributed by atoms with Crippen LogP contribution >= 0.6 is 11.6 Å². The molecule has 0 radical (unpaired) electrons. The van der Waals surface area contributed by atoms with Crippen LogP contribution in [0.15, 0.2) is 103 Å². The number of nitrogens with zero attached hydrogens (tertiary/aromatic N) is 2. The zero-order valence-electron chi connectivity index (χ0n) is 24.2. The molecule has 3 nitrogen and oxygen atoms in total. The van der Waals surface area contributed by atoms with Gasteiger partial charge in [0.1, 0.15) is 5.75 Å². The lowest BCUT2D eigenvalue weighted by atomic mass is 9.90. The second-order valence-electron chi connectivity index (χ2n) is 10.8. The fourth-order valence-electron chi connectivity index (χ4n) is 5.05. The summed E-state index contributed by atoms with van der Waals surface area (Å²) in [6, 6.07) is 32.7. The van der Waals surface area contributed by atoms with Crippen LogP contribution < -0.4 is 4.74 Å². The van der Waals surface area contributed by atoms with Crippen LogP contribution in [0.5, 0.6) is 5.75 Å². The topological polar surface area (TPSA) is 15.7 Å². The number of likely N-dealkylation sites (N-methyl/N-ethyl adjacent to an activating group) is 1. The van der Waals surface area contributed by atoms with Gasteiger partial charge in [0.15, 0.2) is 0 Å². The fourth-order valence-corrected chi connectivity index (χ4v) is 5.34. The van der Waals surface area contributed by atoms with Crippen LogP contribution in [-0.2, 0) is 19.1 Å². The van der Waals surface area contributed by atoms with Gasteiger partial charge in [-0.1, -0.05) is 96.5 Å². The van der Waals surface area contributed by atoms with Gasteiger partial charge in [-0.3, -0.25) is 4.90 Å². The number of alkyl halides is 3. The minimum absolute atomic E-state index is 0.0336. The fraction of sp³-hybridized carbons (Fsp3) is 0.314. The molecule has 0 aliphatic carbocycles. The maximum absolute atomic E-state index is 13.6. The van der Waals surface area contributed by atoms with Crippen LogP contribution in [0.4, 0.5) is 13.2 Å². The molecule has 0 N–H and O–H groups in total. The second-order valence-corrected chi connectivity index (χ2v) is 11.2. The van der Waals surface area contributed by atoms with E-state index in [1.54, 1.807) is 6.07 Å². The van der Waals surface area contributed by atoms with Gasteiger partial charge in [-0.2, -0.15) is 13.2 Å². The first-order chi connectivity index (χ1) is 20.2. The van der Waals surface area contributed by atoms with Crippen molar-refractivity contribution in [2.75, 3.05) is 40.3 Å². The van der Waals surface area contributed by atoms with Gasteiger partial charge in [0.25, 0.3) is 0 Å². The highest BCUT2D eigenvalue weighted by molar-refractivity contribution is 6.32. The first-order valence-electron chi connectivity index (χ1n) is 14.2. The average Bonchev–Trinajstić information content (AvgIpc) is 2.98. The predicted octanol–water partition coefficient (Wildman–Crippen LogP) is 8.57. The number of hydrogen-bond acceptors (Lipinski definition) is 3. The van der Waals surface area contributed by atoms with Crippen LogP contribution in [0, 0.1) is 0 Å². The van der Waals surface area contributed by atoms with Crippen molar-refractivity contribution >= 4 is 11.6 Å².